The molecule has 106 valence electrons. The molecule has 0 atom stereocenters. The van der Waals surface area contributed by atoms with E-state index in [2.05, 4.69) is 9.71 Å². The van der Waals surface area contributed by atoms with Gasteiger partial charge in [-0.1, -0.05) is 12.1 Å². The van der Waals surface area contributed by atoms with Crippen molar-refractivity contribution in [3.8, 4) is 0 Å². The van der Waals surface area contributed by atoms with Crippen LogP contribution in [0.1, 0.15) is 11.1 Å². The van der Waals surface area contributed by atoms with Gasteiger partial charge >= 0.3 is 0 Å². The molecule has 0 spiro atoms. The SMILES string of the molecule is NCc1ccc(S(=O)(=O)NCCc2ccncc2)cc1. The summed E-state index contributed by atoms with van der Waals surface area (Å²) in [5, 5.41) is 0. The van der Waals surface area contributed by atoms with E-state index in [9.17, 15) is 8.42 Å². The van der Waals surface area contributed by atoms with Crippen molar-refractivity contribution in [1.29, 1.82) is 0 Å². The Bertz CT molecular complexity index is 640. The first-order valence-corrected chi connectivity index (χ1v) is 7.78. The minimum Gasteiger partial charge on any atom is -0.326 e. The number of nitrogens with zero attached hydrogens (tertiary/aromatic N) is 1. The normalized spacial score (nSPS) is 11.4. The molecule has 1 aromatic heterocycles. The summed E-state index contributed by atoms with van der Waals surface area (Å²) in [4.78, 5) is 4.17. The van der Waals surface area contributed by atoms with E-state index in [4.69, 9.17) is 5.73 Å². The molecule has 0 fully saturated rings. The third kappa shape index (κ3) is 3.86. The number of hydrogen-bond acceptors (Lipinski definition) is 4. The molecular weight excluding hydrogens is 274 g/mol. The van der Waals surface area contributed by atoms with Gasteiger partial charge in [-0.15, -0.1) is 0 Å². The van der Waals surface area contributed by atoms with Crippen LogP contribution in [0.3, 0.4) is 0 Å². The molecular formula is C14H17N3O2S. The molecule has 6 heteroatoms. The predicted molar refractivity (Wildman–Crippen MR) is 77.5 cm³/mol. The smallest absolute Gasteiger partial charge is 0.240 e. The molecule has 0 saturated heterocycles. The number of hydrogen-bond donors (Lipinski definition) is 2. The van der Waals surface area contributed by atoms with Crippen LogP contribution in [0.25, 0.3) is 0 Å². The molecule has 3 N–H and O–H groups in total. The van der Waals surface area contributed by atoms with Crippen LogP contribution in [-0.4, -0.2) is 19.9 Å². The van der Waals surface area contributed by atoms with Crippen LogP contribution in [0.2, 0.25) is 0 Å². The molecule has 0 amide bonds. The Morgan fingerprint density at radius 3 is 2.25 bits per heavy atom. The quantitative estimate of drug-likeness (QED) is 0.833. The van der Waals surface area contributed by atoms with Crippen LogP contribution in [0.5, 0.6) is 0 Å². The Hall–Kier alpha value is -1.76. The number of sulfonamides is 1. The molecule has 0 aliphatic carbocycles. The lowest BCUT2D eigenvalue weighted by atomic mass is 10.2. The van der Waals surface area contributed by atoms with E-state index in [1.54, 1.807) is 36.7 Å². The zero-order chi connectivity index (χ0) is 14.4. The van der Waals surface area contributed by atoms with E-state index in [1.807, 2.05) is 12.1 Å². The van der Waals surface area contributed by atoms with E-state index in [-0.39, 0.29) is 4.90 Å². The van der Waals surface area contributed by atoms with Gasteiger partial charge in [0.1, 0.15) is 0 Å². The largest absolute Gasteiger partial charge is 0.326 e. The Balaban J connectivity index is 1.96. The molecule has 0 bridgehead atoms. The first kappa shape index (κ1) is 14.6. The molecule has 0 radical (unpaired) electrons. The standard InChI is InChI=1S/C14H17N3O2S/c15-11-13-1-3-14(4-2-13)20(18,19)17-10-7-12-5-8-16-9-6-12/h1-6,8-9,17H,7,10-11,15H2. The van der Waals surface area contributed by atoms with Gasteiger partial charge in [0, 0.05) is 25.5 Å². The topological polar surface area (TPSA) is 85.1 Å². The van der Waals surface area contributed by atoms with E-state index in [1.165, 1.54) is 0 Å². The van der Waals surface area contributed by atoms with Gasteiger partial charge in [-0.3, -0.25) is 4.98 Å². The molecule has 0 saturated carbocycles. The van der Waals surface area contributed by atoms with Gasteiger partial charge in [-0.2, -0.15) is 0 Å². The van der Waals surface area contributed by atoms with Gasteiger partial charge in [0.15, 0.2) is 0 Å². The Morgan fingerprint density at radius 1 is 1.00 bits per heavy atom. The summed E-state index contributed by atoms with van der Waals surface area (Å²) in [6.07, 6.45) is 4.01. The van der Waals surface area contributed by atoms with Gasteiger partial charge in [0.2, 0.25) is 10.0 Å². The van der Waals surface area contributed by atoms with Crippen LogP contribution in [0, 0.1) is 0 Å². The highest BCUT2D eigenvalue weighted by molar-refractivity contribution is 7.89. The van der Waals surface area contributed by atoms with E-state index in [0.717, 1.165) is 11.1 Å². The summed E-state index contributed by atoms with van der Waals surface area (Å²) in [5.74, 6) is 0. The minimum absolute atomic E-state index is 0.254. The molecule has 2 aromatic rings. The van der Waals surface area contributed by atoms with Crippen molar-refractivity contribution in [2.75, 3.05) is 6.54 Å². The maximum atomic E-state index is 12.1. The molecule has 20 heavy (non-hydrogen) atoms. The van der Waals surface area contributed by atoms with Gasteiger partial charge in [0.05, 0.1) is 4.90 Å². The van der Waals surface area contributed by atoms with E-state index >= 15 is 0 Å². The van der Waals surface area contributed by atoms with Crippen LogP contribution in [0.4, 0.5) is 0 Å². The van der Waals surface area contributed by atoms with Crippen molar-refractivity contribution in [2.24, 2.45) is 5.73 Å². The predicted octanol–water partition coefficient (Wildman–Crippen LogP) is 1.06. The second kappa shape index (κ2) is 6.60. The van der Waals surface area contributed by atoms with E-state index < -0.39 is 10.0 Å². The number of pyridine rings is 1. The fraction of sp³-hybridized carbons (Fsp3) is 0.214. The van der Waals surface area contributed by atoms with Crippen molar-refractivity contribution in [2.45, 2.75) is 17.9 Å². The lowest BCUT2D eigenvalue weighted by molar-refractivity contribution is 0.581. The molecule has 0 unspecified atom stereocenters. The molecule has 5 nitrogen and oxygen atoms in total. The number of aromatic nitrogens is 1. The maximum absolute atomic E-state index is 12.1. The highest BCUT2D eigenvalue weighted by Gasteiger charge is 2.12. The van der Waals surface area contributed by atoms with Gasteiger partial charge in [-0.25, -0.2) is 13.1 Å². The molecule has 1 aromatic carbocycles. The maximum Gasteiger partial charge on any atom is 0.240 e. The lowest BCUT2D eigenvalue weighted by Gasteiger charge is -2.07. The number of rotatable bonds is 6. The Morgan fingerprint density at radius 2 is 1.65 bits per heavy atom. The summed E-state index contributed by atoms with van der Waals surface area (Å²) < 4.78 is 26.7. The van der Waals surface area contributed by atoms with Gasteiger partial charge in [-0.05, 0) is 41.8 Å². The molecule has 0 aliphatic heterocycles. The summed E-state index contributed by atoms with van der Waals surface area (Å²) in [6.45, 7) is 0.751. The van der Waals surface area contributed by atoms with Gasteiger partial charge < -0.3 is 5.73 Å². The average molecular weight is 291 g/mol. The Kier molecular flexibility index (Phi) is 4.84. The fourth-order valence-corrected chi connectivity index (χ4v) is 2.80. The van der Waals surface area contributed by atoms with Crippen molar-refractivity contribution in [3.63, 3.8) is 0 Å². The summed E-state index contributed by atoms with van der Waals surface area (Å²) >= 11 is 0. The molecule has 1 heterocycles. The summed E-state index contributed by atoms with van der Waals surface area (Å²) in [5.41, 5.74) is 7.43. The minimum atomic E-state index is -3.46. The number of nitrogens with two attached hydrogens (primary N) is 1. The molecule has 0 aliphatic rings. The van der Waals surface area contributed by atoms with Crippen molar-refractivity contribution in [1.82, 2.24) is 9.71 Å². The second-order valence-corrected chi connectivity index (χ2v) is 6.12. The molecule has 2 rings (SSSR count). The van der Waals surface area contributed by atoms with Crippen LogP contribution in [0.15, 0.2) is 53.7 Å². The van der Waals surface area contributed by atoms with Crippen LogP contribution >= 0.6 is 0 Å². The van der Waals surface area contributed by atoms with Crippen molar-refractivity contribution >= 4 is 10.0 Å². The highest BCUT2D eigenvalue weighted by Crippen LogP contribution is 2.10. The summed E-state index contributed by atoms with van der Waals surface area (Å²) in [6, 6.07) is 10.3. The monoisotopic (exact) mass is 291 g/mol. The first-order chi connectivity index (χ1) is 9.62. The third-order valence-corrected chi connectivity index (χ3v) is 4.40. The average Bonchev–Trinajstić information content (AvgIpc) is 2.48. The number of benzene rings is 1. The number of nitrogens with one attached hydrogen (secondary N) is 1. The third-order valence-electron chi connectivity index (χ3n) is 2.92. The fourth-order valence-electron chi connectivity index (χ4n) is 1.77. The first-order valence-electron chi connectivity index (χ1n) is 6.29. The van der Waals surface area contributed by atoms with E-state index in [0.29, 0.717) is 19.5 Å². The zero-order valence-electron chi connectivity index (χ0n) is 11.0. The van der Waals surface area contributed by atoms with Crippen LogP contribution in [-0.2, 0) is 23.0 Å². The van der Waals surface area contributed by atoms with Gasteiger partial charge in [0.25, 0.3) is 0 Å². The zero-order valence-corrected chi connectivity index (χ0v) is 11.8. The van der Waals surface area contributed by atoms with Crippen molar-refractivity contribution in [3.05, 3.63) is 59.9 Å². The Labute approximate surface area is 118 Å². The van der Waals surface area contributed by atoms with Crippen molar-refractivity contribution < 1.29 is 8.42 Å². The second-order valence-electron chi connectivity index (χ2n) is 4.35. The lowest BCUT2D eigenvalue weighted by Crippen LogP contribution is -2.26. The summed E-state index contributed by atoms with van der Waals surface area (Å²) in [7, 11) is -3.46. The highest BCUT2D eigenvalue weighted by atomic mass is 32.2. The van der Waals surface area contributed by atoms with Crippen LogP contribution < -0.4 is 10.5 Å².